The zero-order chi connectivity index (χ0) is 22.4. The summed E-state index contributed by atoms with van der Waals surface area (Å²) >= 11 is 0. The van der Waals surface area contributed by atoms with Gasteiger partial charge in [0.1, 0.15) is 22.5 Å². The second kappa shape index (κ2) is 7.70. The van der Waals surface area contributed by atoms with Gasteiger partial charge in [0, 0.05) is 6.54 Å². The van der Waals surface area contributed by atoms with Crippen LogP contribution >= 0.6 is 0 Å². The van der Waals surface area contributed by atoms with E-state index in [0.29, 0.717) is 41.1 Å². The van der Waals surface area contributed by atoms with Gasteiger partial charge in [-0.2, -0.15) is 0 Å². The number of fused-ring (bicyclic) bond motifs is 4. The van der Waals surface area contributed by atoms with Gasteiger partial charge in [-0.15, -0.1) is 0 Å². The van der Waals surface area contributed by atoms with Crippen molar-refractivity contribution in [3.63, 3.8) is 0 Å². The van der Waals surface area contributed by atoms with Crippen LogP contribution in [0.1, 0.15) is 17.1 Å². The lowest BCUT2D eigenvalue weighted by Crippen LogP contribution is -2.25. The van der Waals surface area contributed by atoms with Crippen LogP contribution in [0.2, 0.25) is 0 Å². The van der Waals surface area contributed by atoms with Crippen molar-refractivity contribution in [3.8, 4) is 0 Å². The van der Waals surface area contributed by atoms with Crippen LogP contribution in [-0.4, -0.2) is 24.1 Å². The van der Waals surface area contributed by atoms with E-state index in [1.165, 1.54) is 5.56 Å². The third-order valence-electron chi connectivity index (χ3n) is 6.00. The van der Waals surface area contributed by atoms with Crippen molar-refractivity contribution in [1.82, 2.24) is 24.1 Å². The van der Waals surface area contributed by atoms with Crippen LogP contribution in [0.4, 0.5) is 0 Å². The molecule has 0 atom stereocenters. The SMILES string of the molecule is Cc1nc2c(c(=O)n1CCc1ccccc1)c1nc3ccccc3nc1n2Cc1ccco1. The number of para-hydroxylation sites is 2. The van der Waals surface area contributed by atoms with Gasteiger partial charge in [0.05, 0.1) is 23.8 Å². The number of rotatable bonds is 5. The molecule has 0 spiro atoms. The average molecular weight is 435 g/mol. The molecule has 6 aromatic rings. The van der Waals surface area contributed by atoms with Crippen LogP contribution < -0.4 is 5.56 Å². The molecular formula is C26H21N5O2. The Labute approximate surface area is 189 Å². The van der Waals surface area contributed by atoms with Crippen molar-refractivity contribution in [2.75, 3.05) is 0 Å². The first kappa shape index (κ1) is 19.4. The molecule has 0 fully saturated rings. The molecule has 4 aromatic heterocycles. The lowest BCUT2D eigenvalue weighted by atomic mass is 10.1. The van der Waals surface area contributed by atoms with Gasteiger partial charge >= 0.3 is 0 Å². The van der Waals surface area contributed by atoms with Crippen molar-refractivity contribution < 1.29 is 4.42 Å². The molecule has 0 N–H and O–H groups in total. The maximum atomic E-state index is 13.8. The van der Waals surface area contributed by atoms with E-state index in [9.17, 15) is 4.79 Å². The normalized spacial score (nSPS) is 11.7. The van der Waals surface area contributed by atoms with Gasteiger partial charge < -0.3 is 8.98 Å². The van der Waals surface area contributed by atoms with Crippen molar-refractivity contribution in [1.29, 1.82) is 0 Å². The summed E-state index contributed by atoms with van der Waals surface area (Å²) in [6.45, 7) is 2.83. The van der Waals surface area contributed by atoms with E-state index in [0.717, 1.165) is 23.2 Å². The summed E-state index contributed by atoms with van der Waals surface area (Å²) in [4.78, 5) is 28.3. The summed E-state index contributed by atoms with van der Waals surface area (Å²) in [6, 6.07) is 21.6. The Morgan fingerprint density at radius 3 is 2.33 bits per heavy atom. The molecule has 0 bridgehead atoms. The highest BCUT2D eigenvalue weighted by atomic mass is 16.3. The highest BCUT2D eigenvalue weighted by Crippen LogP contribution is 2.26. The third kappa shape index (κ3) is 3.29. The van der Waals surface area contributed by atoms with E-state index in [2.05, 4.69) is 12.1 Å². The topological polar surface area (TPSA) is 78.7 Å². The second-order valence-electron chi connectivity index (χ2n) is 8.10. The van der Waals surface area contributed by atoms with Crippen LogP contribution in [0, 0.1) is 6.92 Å². The smallest absolute Gasteiger partial charge is 0.265 e. The molecule has 33 heavy (non-hydrogen) atoms. The minimum absolute atomic E-state index is 0.0961. The van der Waals surface area contributed by atoms with E-state index in [-0.39, 0.29) is 5.56 Å². The molecule has 0 amide bonds. The first-order valence-electron chi connectivity index (χ1n) is 10.9. The summed E-state index contributed by atoms with van der Waals surface area (Å²) in [7, 11) is 0. The molecule has 0 aliphatic heterocycles. The zero-order valence-electron chi connectivity index (χ0n) is 18.1. The molecular weight excluding hydrogens is 414 g/mol. The molecule has 0 saturated carbocycles. The number of aryl methyl sites for hydroxylation is 2. The Hall–Kier alpha value is -4.26. The fourth-order valence-corrected chi connectivity index (χ4v) is 4.35. The standard InChI is InChI=1S/C26H21N5O2/c1-17-27-24-22(26(32)30(17)14-13-18-8-3-2-4-9-18)23-25(31(24)16-19-10-7-15-33-19)29-21-12-6-5-11-20(21)28-23/h2-12,15H,13-14,16H2,1H3. The second-order valence-corrected chi connectivity index (χ2v) is 8.10. The Kier molecular flexibility index (Phi) is 4.54. The van der Waals surface area contributed by atoms with Crippen LogP contribution in [0.5, 0.6) is 0 Å². The summed E-state index contributed by atoms with van der Waals surface area (Å²) < 4.78 is 9.25. The van der Waals surface area contributed by atoms with Gasteiger partial charge in [0.15, 0.2) is 11.3 Å². The van der Waals surface area contributed by atoms with Gasteiger partial charge in [-0.1, -0.05) is 42.5 Å². The van der Waals surface area contributed by atoms with E-state index < -0.39 is 0 Å². The van der Waals surface area contributed by atoms with E-state index in [1.54, 1.807) is 10.8 Å². The minimum Gasteiger partial charge on any atom is -0.467 e. The minimum atomic E-state index is -0.0961. The number of hydrogen-bond donors (Lipinski definition) is 0. The van der Waals surface area contributed by atoms with Crippen molar-refractivity contribution >= 4 is 33.2 Å². The molecule has 2 aromatic carbocycles. The van der Waals surface area contributed by atoms with Crippen LogP contribution in [-0.2, 0) is 19.5 Å². The van der Waals surface area contributed by atoms with Crippen LogP contribution in [0.3, 0.4) is 0 Å². The maximum absolute atomic E-state index is 13.8. The Morgan fingerprint density at radius 2 is 1.58 bits per heavy atom. The third-order valence-corrected chi connectivity index (χ3v) is 6.00. The van der Waals surface area contributed by atoms with Crippen molar-refractivity contribution in [2.45, 2.75) is 26.4 Å². The first-order chi connectivity index (χ1) is 16.2. The molecule has 0 aliphatic rings. The molecule has 0 unspecified atom stereocenters. The van der Waals surface area contributed by atoms with E-state index >= 15 is 0 Å². The average Bonchev–Trinajstić information content (AvgIpc) is 3.45. The molecule has 7 heteroatoms. The molecule has 7 nitrogen and oxygen atoms in total. The summed E-state index contributed by atoms with van der Waals surface area (Å²) in [5.41, 5.74) is 4.38. The molecule has 0 aliphatic carbocycles. The summed E-state index contributed by atoms with van der Waals surface area (Å²) in [5.74, 6) is 1.42. The zero-order valence-corrected chi connectivity index (χ0v) is 18.1. The van der Waals surface area contributed by atoms with Gasteiger partial charge in [-0.3, -0.25) is 9.36 Å². The van der Waals surface area contributed by atoms with E-state index in [1.807, 2.05) is 66.1 Å². The number of benzene rings is 2. The lowest BCUT2D eigenvalue weighted by Gasteiger charge is -2.10. The van der Waals surface area contributed by atoms with Gasteiger partial charge in [0.25, 0.3) is 5.56 Å². The van der Waals surface area contributed by atoms with E-state index in [4.69, 9.17) is 19.4 Å². The highest BCUT2D eigenvalue weighted by Gasteiger charge is 2.21. The van der Waals surface area contributed by atoms with Crippen molar-refractivity contribution in [3.05, 3.63) is 100 Å². The number of hydrogen-bond acceptors (Lipinski definition) is 5. The largest absolute Gasteiger partial charge is 0.467 e. The molecule has 0 radical (unpaired) electrons. The Bertz CT molecular complexity index is 1660. The molecule has 162 valence electrons. The van der Waals surface area contributed by atoms with Crippen LogP contribution in [0.25, 0.3) is 33.2 Å². The predicted molar refractivity (Wildman–Crippen MR) is 127 cm³/mol. The fourth-order valence-electron chi connectivity index (χ4n) is 4.35. The molecule has 6 rings (SSSR count). The summed E-state index contributed by atoms with van der Waals surface area (Å²) in [5, 5.41) is 0.494. The van der Waals surface area contributed by atoms with Gasteiger partial charge in [0.2, 0.25) is 0 Å². The Morgan fingerprint density at radius 1 is 0.818 bits per heavy atom. The lowest BCUT2D eigenvalue weighted by molar-refractivity contribution is 0.498. The fraction of sp³-hybridized carbons (Fsp3) is 0.154. The Balaban J connectivity index is 1.59. The number of nitrogens with zero attached hydrogens (tertiary/aromatic N) is 5. The highest BCUT2D eigenvalue weighted by molar-refractivity contribution is 6.04. The van der Waals surface area contributed by atoms with Gasteiger partial charge in [-0.05, 0) is 43.2 Å². The predicted octanol–water partition coefficient (Wildman–Crippen LogP) is 4.49. The monoisotopic (exact) mass is 435 g/mol. The van der Waals surface area contributed by atoms with Gasteiger partial charge in [-0.25, -0.2) is 15.0 Å². The van der Waals surface area contributed by atoms with Crippen molar-refractivity contribution in [2.24, 2.45) is 0 Å². The quantitative estimate of drug-likeness (QED) is 0.399. The number of aromatic nitrogens is 5. The molecule has 4 heterocycles. The number of furan rings is 1. The maximum Gasteiger partial charge on any atom is 0.265 e. The first-order valence-corrected chi connectivity index (χ1v) is 10.9. The van der Waals surface area contributed by atoms with Crippen LogP contribution in [0.15, 0.2) is 82.2 Å². The molecule has 0 saturated heterocycles. The summed E-state index contributed by atoms with van der Waals surface area (Å²) in [6.07, 6.45) is 2.38.